The predicted octanol–water partition coefficient (Wildman–Crippen LogP) is 3.87. The van der Waals surface area contributed by atoms with Crippen LogP contribution in [0.5, 0.6) is 0 Å². The first kappa shape index (κ1) is 12.8. The molecule has 2 rings (SSSR count). The zero-order valence-corrected chi connectivity index (χ0v) is 11.7. The van der Waals surface area contributed by atoms with Gasteiger partial charge in [0.05, 0.1) is 11.5 Å². The average Bonchev–Trinajstić information content (AvgIpc) is 2.40. The lowest BCUT2D eigenvalue weighted by molar-refractivity contribution is 0.605. The van der Waals surface area contributed by atoms with Gasteiger partial charge in [0.1, 0.15) is 0 Å². The predicted molar refractivity (Wildman–Crippen MR) is 75.0 cm³/mol. The summed E-state index contributed by atoms with van der Waals surface area (Å²) in [5.41, 5.74) is 1.62. The van der Waals surface area contributed by atoms with Crippen LogP contribution in [0.4, 0.5) is 0 Å². The molecule has 3 heteroatoms. The van der Waals surface area contributed by atoms with Crippen molar-refractivity contribution in [3.63, 3.8) is 0 Å². The fourth-order valence-corrected chi connectivity index (χ4v) is 2.35. The van der Waals surface area contributed by atoms with Crippen LogP contribution in [0.1, 0.15) is 18.1 Å². The summed E-state index contributed by atoms with van der Waals surface area (Å²) in [7, 11) is 0. The SMILES string of the molecule is CC(C#N)(Cc1ccncc1)c1cccc(Br)c1. The van der Waals surface area contributed by atoms with Crippen LogP contribution in [0, 0.1) is 11.3 Å². The fourth-order valence-electron chi connectivity index (χ4n) is 1.95. The van der Waals surface area contributed by atoms with E-state index in [9.17, 15) is 5.26 Å². The molecule has 0 amide bonds. The van der Waals surface area contributed by atoms with Gasteiger partial charge < -0.3 is 0 Å². The van der Waals surface area contributed by atoms with Crippen molar-refractivity contribution in [2.24, 2.45) is 0 Å². The maximum Gasteiger partial charge on any atom is 0.0834 e. The maximum atomic E-state index is 9.51. The van der Waals surface area contributed by atoms with Crippen LogP contribution in [0.25, 0.3) is 0 Å². The van der Waals surface area contributed by atoms with Crippen molar-refractivity contribution in [2.45, 2.75) is 18.8 Å². The molecule has 0 aliphatic heterocycles. The Morgan fingerprint density at radius 1 is 1.28 bits per heavy atom. The molecule has 0 spiro atoms. The molecule has 0 aliphatic carbocycles. The molecule has 0 radical (unpaired) electrons. The van der Waals surface area contributed by atoms with Crippen LogP contribution < -0.4 is 0 Å². The first-order valence-electron chi connectivity index (χ1n) is 5.70. The molecule has 1 aromatic heterocycles. The first-order valence-corrected chi connectivity index (χ1v) is 6.49. The van der Waals surface area contributed by atoms with E-state index in [1.54, 1.807) is 12.4 Å². The van der Waals surface area contributed by atoms with Crippen LogP contribution >= 0.6 is 15.9 Å². The number of rotatable bonds is 3. The van der Waals surface area contributed by atoms with Crippen molar-refractivity contribution in [3.8, 4) is 6.07 Å². The monoisotopic (exact) mass is 300 g/mol. The van der Waals surface area contributed by atoms with Crippen LogP contribution in [-0.4, -0.2) is 4.98 Å². The fraction of sp³-hybridized carbons (Fsp3) is 0.200. The lowest BCUT2D eigenvalue weighted by Gasteiger charge is -2.22. The lowest BCUT2D eigenvalue weighted by Crippen LogP contribution is -2.22. The van der Waals surface area contributed by atoms with Gasteiger partial charge in [-0.15, -0.1) is 0 Å². The highest BCUT2D eigenvalue weighted by Crippen LogP contribution is 2.29. The van der Waals surface area contributed by atoms with E-state index in [-0.39, 0.29) is 0 Å². The van der Waals surface area contributed by atoms with Gasteiger partial charge in [-0.3, -0.25) is 4.98 Å². The number of benzene rings is 1. The highest BCUT2D eigenvalue weighted by atomic mass is 79.9. The summed E-state index contributed by atoms with van der Waals surface area (Å²) in [5, 5.41) is 9.51. The van der Waals surface area contributed by atoms with Crippen molar-refractivity contribution >= 4 is 15.9 Å². The molecule has 1 unspecified atom stereocenters. The molecule has 2 nitrogen and oxygen atoms in total. The average molecular weight is 301 g/mol. The van der Waals surface area contributed by atoms with Crippen molar-refractivity contribution in [2.75, 3.05) is 0 Å². The maximum absolute atomic E-state index is 9.51. The number of nitrogens with zero attached hydrogens (tertiary/aromatic N) is 2. The minimum atomic E-state index is -0.523. The highest BCUT2D eigenvalue weighted by Gasteiger charge is 2.26. The number of aromatic nitrogens is 1. The van der Waals surface area contributed by atoms with Crippen molar-refractivity contribution in [1.82, 2.24) is 4.98 Å². The largest absolute Gasteiger partial charge is 0.265 e. The molecule has 0 aliphatic rings. The van der Waals surface area contributed by atoms with E-state index in [0.717, 1.165) is 15.6 Å². The van der Waals surface area contributed by atoms with Crippen molar-refractivity contribution < 1.29 is 0 Å². The second-order valence-electron chi connectivity index (χ2n) is 4.49. The quantitative estimate of drug-likeness (QED) is 0.863. The molecular weight excluding hydrogens is 288 g/mol. The molecule has 0 saturated heterocycles. The third kappa shape index (κ3) is 2.77. The van der Waals surface area contributed by atoms with Gasteiger partial charge in [-0.25, -0.2) is 0 Å². The highest BCUT2D eigenvalue weighted by molar-refractivity contribution is 9.10. The topological polar surface area (TPSA) is 36.7 Å². The van der Waals surface area contributed by atoms with E-state index in [4.69, 9.17) is 0 Å². The van der Waals surface area contributed by atoms with E-state index < -0.39 is 5.41 Å². The molecule has 1 aromatic carbocycles. The zero-order valence-electron chi connectivity index (χ0n) is 10.1. The summed E-state index contributed by atoms with van der Waals surface area (Å²) in [6.45, 7) is 1.97. The number of pyridine rings is 1. The van der Waals surface area contributed by atoms with E-state index in [1.165, 1.54) is 0 Å². The van der Waals surface area contributed by atoms with E-state index in [0.29, 0.717) is 6.42 Å². The molecular formula is C15H13BrN2. The Bertz CT molecular complexity index is 575. The zero-order chi connectivity index (χ0) is 13.0. The van der Waals surface area contributed by atoms with Gasteiger partial charge in [0.25, 0.3) is 0 Å². The van der Waals surface area contributed by atoms with Gasteiger partial charge >= 0.3 is 0 Å². The molecule has 18 heavy (non-hydrogen) atoms. The third-order valence-electron chi connectivity index (χ3n) is 3.02. The Morgan fingerprint density at radius 3 is 2.61 bits per heavy atom. The molecule has 1 heterocycles. The van der Waals surface area contributed by atoms with Gasteiger partial charge in [-0.2, -0.15) is 5.26 Å². The number of halogens is 1. The second kappa shape index (κ2) is 5.32. The Balaban J connectivity index is 2.35. The van der Waals surface area contributed by atoms with Crippen LogP contribution in [-0.2, 0) is 11.8 Å². The Kier molecular flexibility index (Phi) is 3.78. The Labute approximate surface area is 115 Å². The van der Waals surface area contributed by atoms with Gasteiger partial charge in [-0.05, 0) is 48.7 Å². The van der Waals surface area contributed by atoms with Gasteiger partial charge in [0.15, 0.2) is 0 Å². The molecule has 0 fully saturated rings. The summed E-state index contributed by atoms with van der Waals surface area (Å²) in [6.07, 6.45) is 4.20. The van der Waals surface area contributed by atoms with Crippen LogP contribution in [0.2, 0.25) is 0 Å². The Morgan fingerprint density at radius 2 is 2.00 bits per heavy atom. The molecule has 0 bridgehead atoms. The van der Waals surface area contributed by atoms with Crippen molar-refractivity contribution in [3.05, 3.63) is 64.4 Å². The third-order valence-corrected chi connectivity index (χ3v) is 3.51. The van der Waals surface area contributed by atoms with Crippen molar-refractivity contribution in [1.29, 1.82) is 5.26 Å². The molecule has 0 saturated carbocycles. The summed E-state index contributed by atoms with van der Waals surface area (Å²) < 4.78 is 0.996. The Hall–Kier alpha value is -1.66. The minimum Gasteiger partial charge on any atom is -0.265 e. The summed E-state index contributed by atoms with van der Waals surface area (Å²) in [5.74, 6) is 0. The van der Waals surface area contributed by atoms with E-state index >= 15 is 0 Å². The summed E-state index contributed by atoms with van der Waals surface area (Å²) in [4.78, 5) is 4.00. The van der Waals surface area contributed by atoms with Crippen LogP contribution in [0.3, 0.4) is 0 Å². The van der Waals surface area contributed by atoms with E-state index in [1.807, 2.05) is 43.3 Å². The number of nitriles is 1. The molecule has 90 valence electrons. The van der Waals surface area contributed by atoms with Gasteiger partial charge in [0, 0.05) is 16.9 Å². The molecule has 1 atom stereocenters. The van der Waals surface area contributed by atoms with Crippen LogP contribution in [0.15, 0.2) is 53.3 Å². The second-order valence-corrected chi connectivity index (χ2v) is 5.40. The minimum absolute atomic E-state index is 0.523. The van der Waals surface area contributed by atoms with Gasteiger partial charge in [0.2, 0.25) is 0 Å². The standard InChI is InChI=1S/C15H13BrN2/c1-15(11-17,10-12-5-7-18-8-6-12)13-3-2-4-14(16)9-13/h2-9H,10H2,1H3. The molecule has 0 N–H and O–H groups in total. The smallest absolute Gasteiger partial charge is 0.0834 e. The van der Waals surface area contributed by atoms with Gasteiger partial charge in [-0.1, -0.05) is 28.1 Å². The normalized spacial score (nSPS) is 13.6. The first-order chi connectivity index (χ1) is 8.64. The number of hydrogen-bond donors (Lipinski definition) is 0. The van der Waals surface area contributed by atoms with E-state index in [2.05, 4.69) is 27.0 Å². The number of hydrogen-bond acceptors (Lipinski definition) is 2. The molecule has 2 aromatic rings. The summed E-state index contributed by atoms with van der Waals surface area (Å²) >= 11 is 3.45. The summed E-state index contributed by atoms with van der Waals surface area (Å²) in [6, 6.07) is 14.3. The lowest BCUT2D eigenvalue weighted by atomic mass is 9.79.